The van der Waals surface area contributed by atoms with Crippen LogP contribution < -0.4 is 26.6 Å². The molecule has 3 saturated heterocycles. The number of rotatable bonds is 20. The van der Waals surface area contributed by atoms with Crippen LogP contribution in [0, 0.1) is 5.92 Å². The van der Waals surface area contributed by atoms with Crippen LogP contribution in [0.5, 0.6) is 5.75 Å². The number of aliphatic hydroxyl groups is 8. The zero-order valence-electron chi connectivity index (χ0n) is 43.4. The molecule has 3 heterocycles. The molecule has 23 heteroatoms. The zero-order valence-corrected chi connectivity index (χ0v) is 43.4. The van der Waals surface area contributed by atoms with Gasteiger partial charge in [-0.3, -0.25) is 33.6 Å². The van der Waals surface area contributed by atoms with Gasteiger partial charge in [0, 0.05) is 38.3 Å². The Bertz CT molecular complexity index is 2110. The maximum absolute atomic E-state index is 14.3. The molecule has 4 rings (SSSR count). The second-order valence-corrected chi connectivity index (χ2v) is 20.1. The van der Waals surface area contributed by atoms with Crippen molar-refractivity contribution < 1.29 is 79.5 Å². The van der Waals surface area contributed by atoms with Crippen LogP contribution in [0.4, 0.5) is 0 Å². The molecule has 3 aliphatic heterocycles. The van der Waals surface area contributed by atoms with Crippen molar-refractivity contribution in [2.75, 3.05) is 13.1 Å². The lowest BCUT2D eigenvalue weighted by Crippen LogP contribution is -2.64. The second-order valence-electron chi connectivity index (χ2n) is 20.1. The van der Waals surface area contributed by atoms with Gasteiger partial charge in [-0.15, -0.1) is 0 Å². The quantitative estimate of drug-likeness (QED) is 0.0531. The van der Waals surface area contributed by atoms with Crippen LogP contribution >= 0.6 is 0 Å². The van der Waals surface area contributed by atoms with Gasteiger partial charge in [-0.1, -0.05) is 82.4 Å². The van der Waals surface area contributed by atoms with Crippen molar-refractivity contribution in [1.82, 2.24) is 36.4 Å². The Kier molecular flexibility index (Phi) is 25.0. The normalized spacial score (nSPS) is 29.4. The minimum atomic E-state index is -2.27. The van der Waals surface area contributed by atoms with Crippen LogP contribution in [0.15, 0.2) is 48.6 Å². The van der Waals surface area contributed by atoms with Crippen molar-refractivity contribution in [1.29, 1.82) is 0 Å². The van der Waals surface area contributed by atoms with Gasteiger partial charge in [-0.25, -0.2) is 0 Å². The van der Waals surface area contributed by atoms with E-state index in [2.05, 4.69) is 57.8 Å². The summed E-state index contributed by atoms with van der Waals surface area (Å²) >= 11 is 0. The van der Waals surface area contributed by atoms with Crippen LogP contribution in [0.1, 0.15) is 129 Å². The van der Waals surface area contributed by atoms with Crippen molar-refractivity contribution in [3.05, 3.63) is 54.1 Å². The monoisotopic (exact) mass is 1060 g/mol. The van der Waals surface area contributed by atoms with E-state index in [4.69, 9.17) is 0 Å². The fourth-order valence-electron chi connectivity index (χ4n) is 9.39. The lowest BCUT2D eigenvalue weighted by molar-refractivity contribution is -0.148. The number of amides is 7. The average Bonchev–Trinajstić information content (AvgIpc) is 3.91. The van der Waals surface area contributed by atoms with Crippen molar-refractivity contribution in [3.8, 4) is 5.75 Å². The van der Waals surface area contributed by atoms with Crippen molar-refractivity contribution >= 4 is 41.4 Å². The Labute approximate surface area is 437 Å². The van der Waals surface area contributed by atoms with Gasteiger partial charge in [0.05, 0.1) is 24.4 Å². The molecule has 0 bridgehead atoms. The molecule has 15 atom stereocenters. The molecule has 0 unspecified atom stereocenters. The Morgan fingerprint density at radius 3 is 1.85 bits per heavy atom. The molecule has 1 aromatic carbocycles. The third kappa shape index (κ3) is 18.0. The molecule has 23 nitrogen and oxygen atoms in total. The number of hydrogen-bond donors (Lipinski definition) is 14. The minimum absolute atomic E-state index is 0.0614. The third-order valence-corrected chi connectivity index (χ3v) is 13.9. The minimum Gasteiger partial charge on any atom is -0.508 e. The summed E-state index contributed by atoms with van der Waals surface area (Å²) in [5.41, 5.74) is -0.0614. The number of phenols is 1. The first-order chi connectivity index (χ1) is 35.6. The van der Waals surface area contributed by atoms with Crippen LogP contribution in [0.3, 0.4) is 0 Å². The topological polar surface area (TPSA) is 368 Å². The van der Waals surface area contributed by atoms with E-state index in [-0.39, 0.29) is 24.3 Å². The van der Waals surface area contributed by atoms with Crippen molar-refractivity contribution in [2.24, 2.45) is 5.92 Å². The molecule has 7 amide bonds. The number of allylic oxidation sites excluding steroid dienone is 4. The number of carbonyl (C=O) groups is 7. The SMILES string of the molecule is CCCCC/C=C\C/C=C\CCCCCCCC(=O)N[C@@H]1C[C@H](O)[C@H](O)NC(=O)[C@H]2[C@H](O)[C@H](C)CN2C(=O)[C@@H]([C@H](C)O)NC(=O)[C@@H]([C@@H](O)[C@H](O)c2ccc(O)cc2)NC(=O)[C@H]2C[C@H](O)CN2C(=O)[C@@H]([C@H](C)O)NC1=O. The van der Waals surface area contributed by atoms with E-state index >= 15 is 0 Å². The number of aromatic hydroxyl groups is 1. The van der Waals surface area contributed by atoms with Crippen molar-refractivity contribution in [2.45, 2.75) is 203 Å². The first-order valence-corrected chi connectivity index (χ1v) is 26.2. The predicted octanol–water partition coefficient (Wildman–Crippen LogP) is -1.33. The molecular weight excluding hydrogens is 979 g/mol. The van der Waals surface area contributed by atoms with E-state index in [1.165, 1.54) is 38.3 Å². The highest BCUT2D eigenvalue weighted by Gasteiger charge is 2.50. The highest BCUT2D eigenvalue weighted by molar-refractivity contribution is 5.98. The number of aliphatic hydroxyl groups excluding tert-OH is 8. The summed E-state index contributed by atoms with van der Waals surface area (Å²) in [5, 5.41) is 110. The van der Waals surface area contributed by atoms with Crippen LogP contribution in [0.25, 0.3) is 0 Å². The van der Waals surface area contributed by atoms with E-state index < -0.39 is 152 Å². The molecular formula is C52H81N7O16. The summed E-state index contributed by atoms with van der Waals surface area (Å²) in [5.74, 6) is -8.97. The van der Waals surface area contributed by atoms with E-state index in [9.17, 15) is 79.5 Å². The largest absolute Gasteiger partial charge is 0.508 e. The van der Waals surface area contributed by atoms with Gasteiger partial charge in [0.1, 0.15) is 60.3 Å². The molecule has 1 aromatic rings. The summed E-state index contributed by atoms with van der Waals surface area (Å²) in [6.45, 7) is 4.97. The maximum atomic E-state index is 14.3. The van der Waals surface area contributed by atoms with Crippen LogP contribution in [-0.2, 0) is 33.6 Å². The van der Waals surface area contributed by atoms with E-state index in [1.807, 2.05) is 0 Å². The molecule has 3 fully saturated rings. The Morgan fingerprint density at radius 1 is 0.680 bits per heavy atom. The van der Waals surface area contributed by atoms with Crippen molar-refractivity contribution in [3.63, 3.8) is 0 Å². The Morgan fingerprint density at radius 2 is 1.24 bits per heavy atom. The number of fused-ring (bicyclic) bond motifs is 2. The molecule has 14 N–H and O–H groups in total. The highest BCUT2D eigenvalue weighted by Crippen LogP contribution is 2.28. The van der Waals surface area contributed by atoms with E-state index in [0.717, 1.165) is 74.3 Å². The van der Waals surface area contributed by atoms with E-state index in [0.29, 0.717) is 12.8 Å². The number of benzene rings is 1. The maximum Gasteiger partial charge on any atom is 0.248 e. The predicted molar refractivity (Wildman–Crippen MR) is 271 cm³/mol. The van der Waals surface area contributed by atoms with Gasteiger partial charge in [0.2, 0.25) is 41.4 Å². The molecule has 0 spiro atoms. The molecule has 0 aliphatic carbocycles. The second kappa shape index (κ2) is 30.3. The molecule has 3 aliphatic rings. The fourth-order valence-corrected chi connectivity index (χ4v) is 9.39. The summed E-state index contributed by atoms with van der Waals surface area (Å²) in [7, 11) is 0. The summed E-state index contributed by atoms with van der Waals surface area (Å²) in [6.07, 6.45) is 2.50. The standard InChI is InChI=1S/C52H81N7O16/c1-5-6-7-8-9-10-11-12-13-14-15-16-17-18-19-20-38(65)53-35-26-37(64)48(71)57-50(73)42-43(66)29(2)27-59(42)52(75)40(31(4)61)55-49(72)41(45(68)44(67)32-21-23-33(62)24-22-32)56-47(70)36-25-34(63)28-58(36)51(74)39(30(3)60)54-46(35)69/h9-10,12-13,21-24,29-31,34-37,39-45,48,60-64,66-68,71H,5-8,11,14-20,25-28H2,1-4H3,(H,53,65)(H,54,69)(H,55,72)(H,56,70)(H,57,73)/b10-9-,13-12-/t29-,30+,31+,34+,35-,36-,37+,39-,40-,41-,42-,43-,44-,45-,48+/m1/s1. The van der Waals surface area contributed by atoms with Crippen LogP contribution in [0.2, 0.25) is 0 Å². The van der Waals surface area contributed by atoms with Gasteiger partial charge >= 0.3 is 0 Å². The Hall–Kier alpha value is -5.53. The zero-order chi connectivity index (χ0) is 55.5. The van der Waals surface area contributed by atoms with Gasteiger partial charge in [-0.05, 0) is 70.1 Å². The van der Waals surface area contributed by atoms with Gasteiger partial charge in [0.15, 0.2) is 6.23 Å². The first-order valence-electron chi connectivity index (χ1n) is 26.2. The smallest absolute Gasteiger partial charge is 0.248 e. The lowest BCUT2D eigenvalue weighted by atomic mass is 9.96. The van der Waals surface area contributed by atoms with Gasteiger partial charge < -0.3 is 82.3 Å². The summed E-state index contributed by atoms with van der Waals surface area (Å²) in [6, 6.07) is -6.61. The van der Waals surface area contributed by atoms with E-state index in [1.54, 1.807) is 0 Å². The molecule has 0 radical (unpaired) electrons. The highest BCUT2D eigenvalue weighted by atomic mass is 16.3. The molecule has 75 heavy (non-hydrogen) atoms. The number of hydrogen-bond acceptors (Lipinski definition) is 16. The number of nitrogens with one attached hydrogen (secondary N) is 5. The molecule has 0 aromatic heterocycles. The molecule has 420 valence electrons. The third-order valence-electron chi connectivity index (χ3n) is 13.9. The first kappa shape index (κ1) is 62.0. The van der Waals surface area contributed by atoms with Gasteiger partial charge in [-0.2, -0.15) is 0 Å². The summed E-state index contributed by atoms with van der Waals surface area (Å²) in [4.78, 5) is 100. The number of unbranched alkanes of at least 4 members (excludes halogenated alkanes) is 8. The number of nitrogens with zero attached hydrogens (tertiary/aromatic N) is 2. The molecule has 0 saturated carbocycles. The lowest BCUT2D eigenvalue weighted by Gasteiger charge is -2.34. The number of phenolic OH excluding ortho intramolecular Hbond substituents is 1. The average molecular weight is 1060 g/mol. The number of carbonyl (C=O) groups excluding carboxylic acids is 7. The van der Waals surface area contributed by atoms with Crippen LogP contribution in [-0.4, -0.2) is 189 Å². The van der Waals surface area contributed by atoms with Gasteiger partial charge in [0.25, 0.3) is 0 Å². The summed E-state index contributed by atoms with van der Waals surface area (Å²) < 4.78 is 0. The fraction of sp³-hybridized carbons (Fsp3) is 0.673. The Balaban J connectivity index is 1.62.